The minimum Gasteiger partial charge on any atom is -0.369 e. The Balaban J connectivity index is 1.29. The number of thiazole rings is 1. The van der Waals surface area contributed by atoms with Gasteiger partial charge < -0.3 is 15.5 Å². The smallest absolute Gasteiger partial charge is 0.191 e. The highest BCUT2D eigenvalue weighted by Crippen LogP contribution is 2.23. The second-order valence-corrected chi connectivity index (χ2v) is 8.21. The van der Waals surface area contributed by atoms with Crippen LogP contribution < -0.4 is 15.5 Å². The minimum absolute atomic E-state index is 0.387. The number of aryl methyl sites for hydroxylation is 1. The van der Waals surface area contributed by atoms with Crippen LogP contribution in [0, 0.1) is 6.92 Å². The van der Waals surface area contributed by atoms with Gasteiger partial charge in [-0.05, 0) is 25.5 Å². The number of benzene rings is 2. The van der Waals surface area contributed by atoms with Crippen molar-refractivity contribution in [2.75, 3.05) is 25.0 Å². The third kappa shape index (κ3) is 4.95. The third-order valence-electron chi connectivity index (χ3n) is 5.16. The van der Waals surface area contributed by atoms with Crippen LogP contribution >= 0.6 is 11.3 Å². The Kier molecular flexibility index (Phi) is 6.10. The molecule has 1 fully saturated rings. The van der Waals surface area contributed by atoms with Gasteiger partial charge in [-0.1, -0.05) is 48.0 Å². The van der Waals surface area contributed by atoms with E-state index in [1.165, 1.54) is 11.3 Å². The molecule has 6 heteroatoms. The van der Waals surface area contributed by atoms with Crippen LogP contribution in [-0.4, -0.2) is 37.1 Å². The van der Waals surface area contributed by atoms with E-state index in [9.17, 15) is 0 Å². The lowest BCUT2D eigenvalue weighted by molar-refractivity contribution is 0.647. The first-order valence-electron chi connectivity index (χ1n) is 10.00. The second-order valence-electron chi connectivity index (χ2n) is 7.35. The van der Waals surface area contributed by atoms with Crippen molar-refractivity contribution in [3.05, 3.63) is 71.2 Å². The van der Waals surface area contributed by atoms with Gasteiger partial charge in [-0.2, -0.15) is 0 Å². The first-order valence-corrected chi connectivity index (χ1v) is 10.9. The van der Waals surface area contributed by atoms with Crippen molar-refractivity contribution in [3.8, 4) is 10.6 Å². The van der Waals surface area contributed by atoms with Crippen LogP contribution in [0.15, 0.2) is 65.0 Å². The predicted molar refractivity (Wildman–Crippen MR) is 123 cm³/mol. The summed E-state index contributed by atoms with van der Waals surface area (Å²) in [7, 11) is 1.82. The molecular formula is C23H27N5S. The lowest BCUT2D eigenvalue weighted by atomic mass is 10.2. The normalized spacial score (nSPS) is 16.8. The van der Waals surface area contributed by atoms with E-state index >= 15 is 0 Å². The standard InChI is InChI=1S/C23H27N5S/c1-17-8-10-21(11-9-17)28-13-12-19(15-28)27-23(24-2)25-14-20-16-29-22(26-20)18-6-4-3-5-7-18/h3-11,16,19H,12-15H2,1-2H3,(H2,24,25,27). The molecular weight excluding hydrogens is 378 g/mol. The lowest BCUT2D eigenvalue weighted by Gasteiger charge is -2.20. The van der Waals surface area contributed by atoms with Gasteiger partial charge in [0.05, 0.1) is 12.2 Å². The van der Waals surface area contributed by atoms with Crippen molar-refractivity contribution in [2.45, 2.75) is 25.9 Å². The van der Waals surface area contributed by atoms with Crippen LogP contribution in [0.1, 0.15) is 17.7 Å². The van der Waals surface area contributed by atoms with Gasteiger partial charge in [-0.25, -0.2) is 4.98 Å². The summed E-state index contributed by atoms with van der Waals surface area (Å²) >= 11 is 1.68. The van der Waals surface area contributed by atoms with Crippen molar-refractivity contribution < 1.29 is 0 Å². The van der Waals surface area contributed by atoms with Gasteiger partial charge in [-0.3, -0.25) is 4.99 Å². The summed E-state index contributed by atoms with van der Waals surface area (Å²) in [5.41, 5.74) is 4.78. The first-order chi connectivity index (χ1) is 14.2. The zero-order valence-corrected chi connectivity index (χ0v) is 17.7. The van der Waals surface area contributed by atoms with Gasteiger partial charge in [0.1, 0.15) is 5.01 Å². The Morgan fingerprint density at radius 3 is 2.72 bits per heavy atom. The van der Waals surface area contributed by atoms with E-state index in [1.807, 2.05) is 25.2 Å². The minimum atomic E-state index is 0.387. The number of anilines is 1. The van der Waals surface area contributed by atoms with Crippen LogP contribution in [0.3, 0.4) is 0 Å². The van der Waals surface area contributed by atoms with Crippen LogP contribution in [-0.2, 0) is 6.54 Å². The summed E-state index contributed by atoms with van der Waals surface area (Å²) in [6.45, 7) is 4.83. The summed E-state index contributed by atoms with van der Waals surface area (Å²) in [5, 5.41) is 10.1. The molecule has 0 aliphatic carbocycles. The quantitative estimate of drug-likeness (QED) is 0.496. The van der Waals surface area contributed by atoms with Gasteiger partial charge in [0.15, 0.2) is 5.96 Å². The average molecular weight is 406 g/mol. The van der Waals surface area contributed by atoms with E-state index in [0.717, 1.165) is 41.7 Å². The topological polar surface area (TPSA) is 52.6 Å². The largest absolute Gasteiger partial charge is 0.369 e. The van der Waals surface area contributed by atoms with E-state index in [0.29, 0.717) is 12.6 Å². The van der Waals surface area contributed by atoms with E-state index in [2.05, 4.69) is 69.2 Å². The summed E-state index contributed by atoms with van der Waals surface area (Å²) in [5.74, 6) is 0.829. The SMILES string of the molecule is CN=C(NCc1csc(-c2ccccc2)n1)NC1CCN(c2ccc(C)cc2)C1. The number of aliphatic imine (C=N–C) groups is 1. The molecule has 1 aliphatic rings. The highest BCUT2D eigenvalue weighted by molar-refractivity contribution is 7.13. The molecule has 4 rings (SSSR count). The predicted octanol–water partition coefficient (Wildman–Crippen LogP) is 4.06. The fourth-order valence-corrected chi connectivity index (χ4v) is 4.36. The summed E-state index contributed by atoms with van der Waals surface area (Å²) < 4.78 is 0. The van der Waals surface area contributed by atoms with Gasteiger partial charge >= 0.3 is 0 Å². The second kappa shape index (κ2) is 9.09. The summed E-state index contributed by atoms with van der Waals surface area (Å²) in [6.07, 6.45) is 1.10. The summed E-state index contributed by atoms with van der Waals surface area (Å²) in [4.78, 5) is 11.6. The maximum Gasteiger partial charge on any atom is 0.191 e. The Morgan fingerprint density at radius 2 is 1.97 bits per heavy atom. The molecule has 3 aromatic rings. The zero-order chi connectivity index (χ0) is 20.1. The molecule has 0 radical (unpaired) electrons. The van der Waals surface area contributed by atoms with E-state index in [-0.39, 0.29) is 0 Å². The van der Waals surface area contributed by atoms with Gasteiger partial charge in [0.2, 0.25) is 0 Å². The van der Waals surface area contributed by atoms with Crippen molar-refractivity contribution >= 4 is 23.0 Å². The molecule has 1 unspecified atom stereocenters. The molecule has 0 bridgehead atoms. The molecule has 2 N–H and O–H groups in total. The number of hydrogen-bond donors (Lipinski definition) is 2. The number of aromatic nitrogens is 1. The third-order valence-corrected chi connectivity index (χ3v) is 6.10. The Morgan fingerprint density at radius 1 is 1.17 bits per heavy atom. The number of hydrogen-bond acceptors (Lipinski definition) is 4. The fourth-order valence-electron chi connectivity index (χ4n) is 3.53. The number of nitrogens with one attached hydrogen (secondary N) is 2. The zero-order valence-electron chi connectivity index (χ0n) is 16.9. The van der Waals surface area contributed by atoms with Crippen molar-refractivity contribution in [1.82, 2.24) is 15.6 Å². The molecule has 1 aromatic heterocycles. The molecule has 1 saturated heterocycles. The summed E-state index contributed by atoms with van der Waals surface area (Å²) in [6, 6.07) is 19.4. The number of guanidine groups is 1. The maximum atomic E-state index is 4.74. The molecule has 1 atom stereocenters. The first kappa shape index (κ1) is 19.5. The van der Waals surface area contributed by atoms with Crippen molar-refractivity contribution in [1.29, 1.82) is 0 Å². The number of rotatable bonds is 5. The lowest BCUT2D eigenvalue weighted by Crippen LogP contribution is -2.44. The van der Waals surface area contributed by atoms with Crippen LogP contribution in [0.2, 0.25) is 0 Å². The van der Waals surface area contributed by atoms with Gasteiger partial charge in [0, 0.05) is 42.8 Å². The monoisotopic (exact) mass is 405 g/mol. The highest BCUT2D eigenvalue weighted by Gasteiger charge is 2.23. The van der Waals surface area contributed by atoms with Crippen LogP contribution in [0.5, 0.6) is 0 Å². The molecule has 29 heavy (non-hydrogen) atoms. The molecule has 2 aromatic carbocycles. The van der Waals surface area contributed by atoms with Gasteiger partial charge in [0.25, 0.3) is 0 Å². The number of nitrogens with zero attached hydrogens (tertiary/aromatic N) is 3. The van der Waals surface area contributed by atoms with Crippen molar-refractivity contribution in [3.63, 3.8) is 0 Å². The Labute approximate surface area is 176 Å². The Hall–Kier alpha value is -2.86. The molecule has 0 saturated carbocycles. The van der Waals surface area contributed by atoms with Crippen LogP contribution in [0.4, 0.5) is 5.69 Å². The fraction of sp³-hybridized carbons (Fsp3) is 0.304. The molecule has 150 valence electrons. The van der Waals surface area contributed by atoms with Crippen LogP contribution in [0.25, 0.3) is 10.6 Å². The maximum absolute atomic E-state index is 4.74. The molecule has 5 nitrogen and oxygen atoms in total. The van der Waals surface area contributed by atoms with E-state index in [1.54, 1.807) is 11.3 Å². The molecule has 2 heterocycles. The van der Waals surface area contributed by atoms with E-state index in [4.69, 9.17) is 4.98 Å². The highest BCUT2D eigenvalue weighted by atomic mass is 32.1. The van der Waals surface area contributed by atoms with E-state index < -0.39 is 0 Å². The van der Waals surface area contributed by atoms with Gasteiger partial charge in [-0.15, -0.1) is 11.3 Å². The van der Waals surface area contributed by atoms with Crippen molar-refractivity contribution in [2.24, 2.45) is 4.99 Å². The molecule has 1 aliphatic heterocycles. The molecule has 0 amide bonds. The molecule has 0 spiro atoms. The average Bonchev–Trinajstić information content (AvgIpc) is 3.42. The Bertz CT molecular complexity index is 949.